The first-order valence-corrected chi connectivity index (χ1v) is 14.9. The molecule has 0 aliphatic rings. The number of sulfonamides is 1. The van der Waals surface area contributed by atoms with Gasteiger partial charge in [-0.3, -0.25) is 13.9 Å². The Balaban J connectivity index is 2.07. The lowest BCUT2D eigenvalue weighted by molar-refractivity contribution is -0.140. The third kappa shape index (κ3) is 8.68. The summed E-state index contributed by atoms with van der Waals surface area (Å²) in [5, 5.41) is 3.19. The van der Waals surface area contributed by atoms with Crippen LogP contribution in [0.25, 0.3) is 0 Å². The largest absolute Gasteiger partial charge is 0.354 e. The molecule has 0 aliphatic heterocycles. The molecule has 0 radical (unpaired) electrons. The van der Waals surface area contributed by atoms with Gasteiger partial charge in [-0.25, -0.2) is 12.8 Å². The second kappa shape index (κ2) is 13.8. The molecule has 3 aromatic rings. The number of hydrogen-bond donors (Lipinski definition) is 1. The molecule has 0 fully saturated rings. The topological polar surface area (TPSA) is 86.8 Å². The molecule has 3 rings (SSSR count). The molecule has 0 aromatic heterocycles. The highest BCUT2D eigenvalue weighted by Gasteiger charge is 2.33. The highest BCUT2D eigenvalue weighted by Crippen LogP contribution is 2.27. The van der Waals surface area contributed by atoms with E-state index in [4.69, 9.17) is 23.2 Å². The molecule has 1 N–H and O–H groups in total. The molecule has 1 atom stereocenters. The fourth-order valence-electron chi connectivity index (χ4n) is 4.03. The van der Waals surface area contributed by atoms with Gasteiger partial charge in [0.05, 0.1) is 11.9 Å². The van der Waals surface area contributed by atoms with Crippen LogP contribution in [0.2, 0.25) is 10.0 Å². The van der Waals surface area contributed by atoms with Crippen molar-refractivity contribution in [3.8, 4) is 0 Å². The Bertz CT molecular complexity index is 1390. The van der Waals surface area contributed by atoms with Crippen LogP contribution < -0.4 is 9.62 Å². The van der Waals surface area contributed by atoms with E-state index in [1.807, 2.05) is 37.3 Å². The zero-order valence-electron chi connectivity index (χ0n) is 21.6. The molecule has 0 bridgehead atoms. The van der Waals surface area contributed by atoms with Gasteiger partial charge in [0.1, 0.15) is 18.4 Å². The molecule has 7 nitrogen and oxygen atoms in total. The van der Waals surface area contributed by atoms with Crippen LogP contribution >= 0.6 is 23.2 Å². The van der Waals surface area contributed by atoms with Crippen molar-refractivity contribution >= 4 is 50.7 Å². The van der Waals surface area contributed by atoms with Crippen LogP contribution in [0.4, 0.5) is 10.1 Å². The Morgan fingerprint density at radius 1 is 0.974 bits per heavy atom. The molecule has 0 saturated carbocycles. The molecule has 0 saturated heterocycles. The number of nitrogens with zero attached hydrogens (tertiary/aromatic N) is 2. The molecule has 0 heterocycles. The monoisotopic (exact) mass is 593 g/mol. The van der Waals surface area contributed by atoms with E-state index in [0.717, 1.165) is 16.1 Å². The summed E-state index contributed by atoms with van der Waals surface area (Å²) in [7, 11) is -3.99. The van der Waals surface area contributed by atoms with Crippen LogP contribution in [0.1, 0.15) is 24.5 Å². The summed E-state index contributed by atoms with van der Waals surface area (Å²) in [6.45, 7) is 1.37. The predicted molar refractivity (Wildman–Crippen MR) is 153 cm³/mol. The smallest absolute Gasteiger partial charge is 0.244 e. The minimum atomic E-state index is -3.99. The van der Waals surface area contributed by atoms with Crippen molar-refractivity contribution in [2.75, 3.05) is 23.7 Å². The van der Waals surface area contributed by atoms with Crippen LogP contribution in [0, 0.1) is 5.82 Å². The summed E-state index contributed by atoms with van der Waals surface area (Å²) >= 11 is 12.2. The standard InChI is InChI=1S/C28H30Cl2FN3O4S/c1-3-13-32-28(36)26(14-20-9-5-4-6-10-20)33(18-21-11-7-8-12-25(21)31)27(35)19-34(39(2,37)38)24-16-22(29)15-23(30)17-24/h4-12,15-17,26H,3,13-14,18-19H2,1-2H3,(H,32,36). The third-order valence-electron chi connectivity index (χ3n) is 5.93. The second-order valence-electron chi connectivity index (χ2n) is 9.01. The molecule has 208 valence electrons. The van der Waals surface area contributed by atoms with Crippen LogP contribution in [0.15, 0.2) is 72.8 Å². The van der Waals surface area contributed by atoms with E-state index < -0.39 is 40.2 Å². The van der Waals surface area contributed by atoms with E-state index in [2.05, 4.69) is 5.32 Å². The Kier molecular flexibility index (Phi) is 10.7. The number of hydrogen-bond acceptors (Lipinski definition) is 4. The highest BCUT2D eigenvalue weighted by atomic mass is 35.5. The average molecular weight is 595 g/mol. The van der Waals surface area contributed by atoms with Gasteiger partial charge in [0, 0.05) is 35.1 Å². The number of amides is 2. The number of halogens is 3. The number of carbonyl (C=O) groups excluding carboxylic acids is 2. The SMILES string of the molecule is CCCNC(=O)C(Cc1ccccc1)N(Cc1ccccc1F)C(=O)CN(c1cc(Cl)cc(Cl)c1)S(C)(=O)=O. The van der Waals surface area contributed by atoms with E-state index >= 15 is 0 Å². The second-order valence-corrected chi connectivity index (χ2v) is 11.8. The molecule has 1 unspecified atom stereocenters. The first-order valence-electron chi connectivity index (χ1n) is 12.3. The van der Waals surface area contributed by atoms with E-state index in [-0.39, 0.29) is 34.3 Å². The van der Waals surface area contributed by atoms with Gasteiger partial charge >= 0.3 is 0 Å². The Hall–Kier alpha value is -3.14. The summed E-state index contributed by atoms with van der Waals surface area (Å²) in [5.74, 6) is -1.68. The van der Waals surface area contributed by atoms with Crippen molar-refractivity contribution in [2.24, 2.45) is 0 Å². The van der Waals surface area contributed by atoms with Gasteiger partial charge in [-0.05, 0) is 36.2 Å². The maximum atomic E-state index is 14.7. The van der Waals surface area contributed by atoms with Gasteiger partial charge in [-0.15, -0.1) is 0 Å². The summed E-state index contributed by atoms with van der Waals surface area (Å²) in [6, 6.07) is 18.2. The quantitative estimate of drug-likeness (QED) is 0.318. The van der Waals surface area contributed by atoms with Gasteiger partial charge < -0.3 is 10.2 Å². The lowest BCUT2D eigenvalue weighted by atomic mass is 10.0. The lowest BCUT2D eigenvalue weighted by Gasteiger charge is -2.33. The molecular formula is C28H30Cl2FN3O4S. The Labute approximate surface area is 238 Å². The minimum absolute atomic E-state index is 0.0873. The molecule has 39 heavy (non-hydrogen) atoms. The van der Waals surface area contributed by atoms with E-state index in [9.17, 15) is 22.4 Å². The zero-order chi connectivity index (χ0) is 28.6. The van der Waals surface area contributed by atoms with Crippen LogP contribution in [-0.2, 0) is 32.6 Å². The summed E-state index contributed by atoms with van der Waals surface area (Å²) in [5.41, 5.74) is 1.05. The van der Waals surface area contributed by atoms with Crippen molar-refractivity contribution in [1.82, 2.24) is 10.2 Å². The average Bonchev–Trinajstić information content (AvgIpc) is 2.88. The molecule has 0 aliphatic carbocycles. The van der Waals surface area contributed by atoms with E-state index in [1.165, 1.54) is 41.3 Å². The highest BCUT2D eigenvalue weighted by molar-refractivity contribution is 7.92. The van der Waals surface area contributed by atoms with Crippen molar-refractivity contribution < 1.29 is 22.4 Å². The molecule has 2 amide bonds. The van der Waals surface area contributed by atoms with Crippen molar-refractivity contribution in [1.29, 1.82) is 0 Å². The normalized spacial score (nSPS) is 12.0. The zero-order valence-corrected chi connectivity index (χ0v) is 23.9. The number of carbonyl (C=O) groups is 2. The van der Waals surface area contributed by atoms with E-state index in [0.29, 0.717) is 13.0 Å². The first-order chi connectivity index (χ1) is 18.5. The number of benzene rings is 3. The van der Waals surface area contributed by atoms with Gasteiger partial charge in [0.2, 0.25) is 21.8 Å². The number of anilines is 1. The van der Waals surface area contributed by atoms with Gasteiger partial charge in [0.15, 0.2) is 0 Å². The van der Waals surface area contributed by atoms with Crippen LogP contribution in [-0.4, -0.2) is 50.5 Å². The minimum Gasteiger partial charge on any atom is -0.354 e. The summed E-state index contributed by atoms with van der Waals surface area (Å²) < 4.78 is 41.2. The molecule has 11 heteroatoms. The lowest BCUT2D eigenvalue weighted by Crippen LogP contribution is -2.53. The fraction of sp³-hybridized carbons (Fsp3) is 0.286. The number of rotatable bonds is 12. The first kappa shape index (κ1) is 30.4. The Morgan fingerprint density at radius 3 is 2.18 bits per heavy atom. The van der Waals surface area contributed by atoms with Crippen LogP contribution in [0.5, 0.6) is 0 Å². The fourth-order valence-corrected chi connectivity index (χ4v) is 5.37. The Morgan fingerprint density at radius 2 is 1.59 bits per heavy atom. The van der Waals surface area contributed by atoms with E-state index in [1.54, 1.807) is 6.07 Å². The van der Waals surface area contributed by atoms with Gasteiger partial charge in [-0.2, -0.15) is 0 Å². The predicted octanol–water partition coefficient (Wildman–Crippen LogP) is 5.06. The molecule has 0 spiro atoms. The van der Waals surface area contributed by atoms with Gasteiger partial charge in [0.25, 0.3) is 0 Å². The van der Waals surface area contributed by atoms with Crippen molar-refractivity contribution in [2.45, 2.75) is 32.4 Å². The summed E-state index contributed by atoms with van der Waals surface area (Å²) in [4.78, 5) is 28.5. The molecule has 3 aromatic carbocycles. The van der Waals surface area contributed by atoms with Gasteiger partial charge in [-0.1, -0.05) is 78.7 Å². The van der Waals surface area contributed by atoms with Crippen molar-refractivity contribution in [3.63, 3.8) is 0 Å². The number of nitrogens with one attached hydrogen (secondary N) is 1. The third-order valence-corrected chi connectivity index (χ3v) is 7.51. The maximum absolute atomic E-state index is 14.7. The van der Waals surface area contributed by atoms with Crippen LogP contribution in [0.3, 0.4) is 0 Å². The van der Waals surface area contributed by atoms with Crippen molar-refractivity contribution in [3.05, 3.63) is 99.8 Å². The molecular weight excluding hydrogens is 564 g/mol. The maximum Gasteiger partial charge on any atom is 0.244 e. The summed E-state index contributed by atoms with van der Waals surface area (Å²) in [6.07, 6.45) is 1.76.